The molecule has 220 valence electrons. The van der Waals surface area contributed by atoms with Gasteiger partial charge in [-0.05, 0) is 42.3 Å². The lowest BCUT2D eigenvalue weighted by Crippen LogP contribution is -2.39. The summed E-state index contributed by atoms with van der Waals surface area (Å²) >= 11 is 12.7. The lowest BCUT2D eigenvalue weighted by Gasteiger charge is -2.21. The van der Waals surface area contributed by atoms with Crippen LogP contribution in [0.4, 0.5) is 0 Å². The van der Waals surface area contributed by atoms with Gasteiger partial charge in [-0.25, -0.2) is 4.98 Å². The monoisotopic (exact) mass is 619 g/mol. The van der Waals surface area contributed by atoms with Crippen molar-refractivity contribution in [3.05, 3.63) is 136 Å². The van der Waals surface area contributed by atoms with Crippen molar-refractivity contribution in [3.63, 3.8) is 0 Å². The van der Waals surface area contributed by atoms with Crippen LogP contribution in [0.25, 0.3) is 33.4 Å². The van der Waals surface area contributed by atoms with Gasteiger partial charge >= 0.3 is 0 Å². The first-order valence-electron chi connectivity index (χ1n) is 14.7. The van der Waals surface area contributed by atoms with Crippen LogP contribution in [0.15, 0.2) is 109 Å². The van der Waals surface area contributed by atoms with Gasteiger partial charge < -0.3 is 20.2 Å². The second-order valence-corrected chi connectivity index (χ2v) is 12.1. The zero-order chi connectivity index (χ0) is 30.2. The molecule has 0 bridgehead atoms. The Balaban J connectivity index is 1.39. The van der Waals surface area contributed by atoms with Crippen LogP contribution in [0.1, 0.15) is 40.5 Å². The maximum atomic E-state index is 14.3. The maximum absolute atomic E-state index is 14.3. The summed E-state index contributed by atoms with van der Waals surface area (Å²) in [5.41, 5.74) is 6.92. The molecule has 0 aliphatic carbocycles. The zero-order valence-electron chi connectivity index (χ0n) is 24.1. The van der Waals surface area contributed by atoms with E-state index in [1.807, 2.05) is 97.3 Å². The van der Waals surface area contributed by atoms with E-state index in [0.717, 1.165) is 45.5 Å². The highest BCUT2D eigenvalue weighted by molar-refractivity contribution is 6.31. The summed E-state index contributed by atoms with van der Waals surface area (Å²) in [5.74, 6) is -0.00869. The van der Waals surface area contributed by atoms with Crippen LogP contribution in [-0.2, 0) is 0 Å². The van der Waals surface area contributed by atoms with Gasteiger partial charge in [-0.3, -0.25) is 4.79 Å². The van der Waals surface area contributed by atoms with E-state index < -0.39 is 0 Å². The Morgan fingerprint density at radius 1 is 0.909 bits per heavy atom. The number of imidazole rings is 1. The third-order valence-electron chi connectivity index (χ3n) is 8.59. The number of aromatic amines is 1. The number of hydrogen-bond acceptors (Lipinski definition) is 3. The topological polar surface area (TPSA) is 74.7 Å². The highest BCUT2D eigenvalue weighted by Crippen LogP contribution is 2.41. The fraction of sp³-hybridized carbons (Fsp3) is 0.167. The number of nitrogens with one attached hydrogen (secondary N) is 3. The van der Waals surface area contributed by atoms with E-state index in [1.165, 1.54) is 5.56 Å². The molecular formula is C36H31Cl2N5O. The molecule has 4 aromatic carbocycles. The molecule has 1 aliphatic heterocycles. The smallest absolute Gasteiger partial charge is 0.268 e. The van der Waals surface area contributed by atoms with E-state index in [-0.39, 0.29) is 23.9 Å². The van der Waals surface area contributed by atoms with Crippen LogP contribution in [-0.4, -0.2) is 39.6 Å². The molecule has 44 heavy (non-hydrogen) atoms. The molecule has 3 N–H and O–H groups in total. The van der Waals surface area contributed by atoms with E-state index in [1.54, 1.807) is 0 Å². The zero-order valence-corrected chi connectivity index (χ0v) is 25.6. The lowest BCUT2D eigenvalue weighted by molar-refractivity contribution is 0.0933. The van der Waals surface area contributed by atoms with Crippen molar-refractivity contribution >= 4 is 40.0 Å². The first-order chi connectivity index (χ1) is 21.5. The summed E-state index contributed by atoms with van der Waals surface area (Å²) in [6.07, 6.45) is 1.86. The quantitative estimate of drug-likeness (QED) is 0.169. The molecule has 1 saturated heterocycles. The van der Waals surface area contributed by atoms with Crippen molar-refractivity contribution < 1.29 is 4.79 Å². The third-order valence-corrected chi connectivity index (χ3v) is 9.08. The number of benzene rings is 4. The van der Waals surface area contributed by atoms with Gasteiger partial charge in [0.2, 0.25) is 0 Å². The molecule has 1 fully saturated rings. The number of halogens is 2. The molecule has 3 atom stereocenters. The first-order valence-corrected chi connectivity index (χ1v) is 15.5. The normalized spacial score (nSPS) is 17.2. The molecule has 3 heterocycles. The maximum Gasteiger partial charge on any atom is 0.268 e. The van der Waals surface area contributed by atoms with Crippen LogP contribution in [0.3, 0.4) is 0 Å². The molecule has 0 saturated carbocycles. The molecule has 6 aromatic rings. The minimum Gasteiger partial charge on any atom is -0.350 e. The number of nitrogens with zero attached hydrogens (tertiary/aromatic N) is 2. The van der Waals surface area contributed by atoms with E-state index >= 15 is 0 Å². The molecule has 0 radical (unpaired) electrons. The largest absolute Gasteiger partial charge is 0.350 e. The Morgan fingerprint density at radius 3 is 2.36 bits per heavy atom. The fourth-order valence-corrected chi connectivity index (χ4v) is 6.62. The third kappa shape index (κ3) is 5.30. The predicted molar refractivity (Wildman–Crippen MR) is 179 cm³/mol. The number of fused-ring (bicyclic) bond motifs is 1. The van der Waals surface area contributed by atoms with Gasteiger partial charge in [0.15, 0.2) is 0 Å². The Bertz CT molecular complexity index is 1930. The van der Waals surface area contributed by atoms with E-state index in [0.29, 0.717) is 22.3 Å². The Labute approximate surface area is 266 Å². The summed E-state index contributed by atoms with van der Waals surface area (Å²) in [5, 5.41) is 8.99. The molecule has 2 aromatic heterocycles. The number of carbonyl (C=O) groups excluding carboxylic acids is 1. The van der Waals surface area contributed by atoms with E-state index in [2.05, 4.69) is 39.2 Å². The first kappa shape index (κ1) is 28.4. The van der Waals surface area contributed by atoms with Crippen molar-refractivity contribution in [2.75, 3.05) is 13.1 Å². The predicted octanol–water partition coefficient (Wildman–Crippen LogP) is 8.10. The standard InChI is InChI=1S/C36H31Cl2N5O/c1-22(23-12-14-26(37)15-13-23)43-21-40-33(25-10-6-3-7-11-25)35(43)32-28-17-16-27(38)18-30(28)41-34(32)36(44)42-31-20-39-19-29(31)24-8-4-2-5-9-24/h2-18,21-22,29,31,39,41H,19-20H2,1H3,(H,42,44)/t22-,29-,31+/m0/s1. The number of amides is 1. The average Bonchev–Trinajstić information content (AvgIpc) is 3.78. The number of hydrogen-bond donors (Lipinski definition) is 3. The Kier molecular flexibility index (Phi) is 7.73. The molecule has 1 aliphatic rings. The average molecular weight is 621 g/mol. The van der Waals surface area contributed by atoms with Gasteiger partial charge in [0.05, 0.1) is 23.8 Å². The lowest BCUT2D eigenvalue weighted by atomic mass is 9.94. The van der Waals surface area contributed by atoms with Crippen molar-refractivity contribution in [1.29, 1.82) is 0 Å². The molecule has 6 nitrogen and oxygen atoms in total. The summed E-state index contributed by atoms with van der Waals surface area (Å²) < 4.78 is 2.14. The van der Waals surface area contributed by atoms with E-state index in [4.69, 9.17) is 28.2 Å². The molecular weight excluding hydrogens is 589 g/mol. The van der Waals surface area contributed by atoms with Crippen LogP contribution in [0.2, 0.25) is 10.0 Å². The van der Waals surface area contributed by atoms with Crippen LogP contribution in [0.5, 0.6) is 0 Å². The minimum absolute atomic E-state index is 0.0701. The second-order valence-electron chi connectivity index (χ2n) is 11.3. The van der Waals surface area contributed by atoms with Gasteiger partial charge in [-0.15, -0.1) is 0 Å². The summed E-state index contributed by atoms with van der Waals surface area (Å²) in [4.78, 5) is 22.7. The number of carbonyl (C=O) groups is 1. The van der Waals surface area contributed by atoms with Crippen molar-refractivity contribution in [2.24, 2.45) is 0 Å². The number of H-pyrrole nitrogens is 1. The van der Waals surface area contributed by atoms with E-state index in [9.17, 15) is 4.79 Å². The Hall–Kier alpha value is -4.36. The SMILES string of the molecule is C[C@@H](c1ccc(Cl)cc1)n1cnc(-c2ccccc2)c1-c1c(C(=O)N[C@@H]2CNC[C@H]2c2ccccc2)[nH]c2cc(Cl)ccc12. The van der Waals surface area contributed by atoms with Crippen LogP contribution >= 0.6 is 23.2 Å². The fourth-order valence-electron chi connectivity index (χ4n) is 6.32. The summed E-state index contributed by atoms with van der Waals surface area (Å²) in [6, 6.07) is 33.8. The second kappa shape index (κ2) is 12.0. The highest BCUT2D eigenvalue weighted by atomic mass is 35.5. The minimum atomic E-state index is -0.173. The molecule has 0 spiro atoms. The summed E-state index contributed by atoms with van der Waals surface area (Å²) in [7, 11) is 0. The van der Waals surface area contributed by atoms with Crippen molar-refractivity contribution in [3.8, 4) is 22.5 Å². The van der Waals surface area contributed by atoms with Gasteiger partial charge in [-0.2, -0.15) is 0 Å². The van der Waals surface area contributed by atoms with Crippen LogP contribution < -0.4 is 10.6 Å². The van der Waals surface area contributed by atoms with Gasteiger partial charge in [-0.1, -0.05) is 102 Å². The number of aromatic nitrogens is 3. The number of rotatable bonds is 7. The van der Waals surface area contributed by atoms with Gasteiger partial charge in [0.25, 0.3) is 5.91 Å². The molecule has 8 heteroatoms. The van der Waals surface area contributed by atoms with Gasteiger partial charge in [0.1, 0.15) is 5.69 Å². The molecule has 1 amide bonds. The summed E-state index contributed by atoms with van der Waals surface area (Å²) in [6.45, 7) is 3.62. The molecule has 0 unspecified atom stereocenters. The van der Waals surface area contributed by atoms with Crippen molar-refractivity contribution in [2.45, 2.75) is 24.9 Å². The van der Waals surface area contributed by atoms with Crippen molar-refractivity contribution in [1.82, 2.24) is 25.2 Å². The van der Waals surface area contributed by atoms with Gasteiger partial charge in [0, 0.05) is 57.1 Å². The highest BCUT2D eigenvalue weighted by Gasteiger charge is 2.33. The Morgan fingerprint density at radius 2 is 1.61 bits per heavy atom. The molecule has 7 rings (SSSR count). The van der Waals surface area contributed by atoms with Crippen LogP contribution in [0, 0.1) is 0 Å².